The first-order chi connectivity index (χ1) is 15.5. The Morgan fingerprint density at radius 1 is 1.06 bits per heavy atom. The lowest BCUT2D eigenvalue weighted by Gasteiger charge is -2.29. The molecule has 9 nitrogen and oxygen atoms in total. The normalized spacial score (nSPS) is 22.9. The van der Waals surface area contributed by atoms with Gasteiger partial charge in [0, 0.05) is 30.6 Å². The highest BCUT2D eigenvalue weighted by Gasteiger charge is 2.29. The van der Waals surface area contributed by atoms with Crippen molar-refractivity contribution in [3.05, 3.63) is 57.5 Å². The highest BCUT2D eigenvalue weighted by molar-refractivity contribution is 6.33. The van der Waals surface area contributed by atoms with Gasteiger partial charge in [-0.05, 0) is 37.8 Å². The van der Waals surface area contributed by atoms with E-state index >= 15 is 0 Å². The average molecular weight is 460 g/mol. The van der Waals surface area contributed by atoms with Gasteiger partial charge in [-0.2, -0.15) is 5.10 Å². The summed E-state index contributed by atoms with van der Waals surface area (Å²) in [4.78, 5) is 38.2. The van der Waals surface area contributed by atoms with E-state index in [1.165, 1.54) is 6.20 Å². The van der Waals surface area contributed by atoms with Crippen LogP contribution in [0.5, 0.6) is 0 Å². The molecule has 1 atom stereocenters. The molecule has 10 heteroatoms. The van der Waals surface area contributed by atoms with Gasteiger partial charge < -0.3 is 20.3 Å². The number of nitrogens with zero attached hydrogens (tertiary/aromatic N) is 2. The molecule has 1 aliphatic heterocycles. The first kappa shape index (κ1) is 22.1. The number of carbonyl (C=O) groups excluding carboxylic acids is 2. The van der Waals surface area contributed by atoms with Crippen LogP contribution >= 0.6 is 11.6 Å². The van der Waals surface area contributed by atoms with Crippen LogP contribution in [-0.2, 0) is 4.74 Å². The lowest BCUT2D eigenvalue weighted by atomic mass is 9.91. The zero-order chi connectivity index (χ0) is 22.5. The lowest BCUT2D eigenvalue weighted by molar-refractivity contribution is 0.0909. The van der Waals surface area contributed by atoms with Crippen LogP contribution in [0.25, 0.3) is 0 Å². The van der Waals surface area contributed by atoms with Gasteiger partial charge in [0.1, 0.15) is 11.1 Å². The molecule has 170 valence electrons. The topological polar surface area (TPSA) is 116 Å². The Morgan fingerprint density at radius 3 is 2.47 bits per heavy atom. The molecular weight excluding hydrogens is 434 g/mol. The molecule has 0 bridgehead atoms. The van der Waals surface area contributed by atoms with Crippen molar-refractivity contribution in [1.29, 1.82) is 0 Å². The summed E-state index contributed by atoms with van der Waals surface area (Å²) in [6.45, 7) is 1.07. The fraction of sp³-hybridized carbons (Fsp3) is 0.455. The third kappa shape index (κ3) is 5.40. The number of H-pyrrole nitrogens is 1. The molecule has 1 aromatic carbocycles. The first-order valence-corrected chi connectivity index (χ1v) is 11.2. The van der Waals surface area contributed by atoms with Gasteiger partial charge in [-0.3, -0.25) is 9.59 Å². The monoisotopic (exact) mass is 459 g/mol. The second kappa shape index (κ2) is 10.0. The number of rotatable bonds is 5. The van der Waals surface area contributed by atoms with E-state index in [0.717, 1.165) is 25.7 Å². The van der Waals surface area contributed by atoms with Gasteiger partial charge in [-0.25, -0.2) is 9.89 Å². The number of hydrogen-bond donors (Lipinski definition) is 3. The summed E-state index contributed by atoms with van der Waals surface area (Å²) < 4.78 is 5.57. The van der Waals surface area contributed by atoms with E-state index in [2.05, 4.69) is 20.8 Å². The summed E-state index contributed by atoms with van der Waals surface area (Å²) in [5.41, 5.74) is 0.749. The Morgan fingerprint density at radius 2 is 1.75 bits per heavy atom. The molecule has 0 spiro atoms. The molecular formula is C22H26ClN5O4. The van der Waals surface area contributed by atoms with Crippen molar-refractivity contribution in [3.8, 4) is 0 Å². The highest BCUT2D eigenvalue weighted by atomic mass is 35.5. The number of carbonyl (C=O) groups is 2. The fourth-order valence-corrected chi connectivity index (χ4v) is 4.44. The molecule has 1 saturated heterocycles. The summed E-state index contributed by atoms with van der Waals surface area (Å²) in [7, 11) is 0. The second-order valence-corrected chi connectivity index (χ2v) is 8.57. The van der Waals surface area contributed by atoms with Crippen molar-refractivity contribution < 1.29 is 14.3 Å². The van der Waals surface area contributed by atoms with Crippen LogP contribution in [0, 0.1) is 0 Å². The summed E-state index contributed by atoms with van der Waals surface area (Å²) in [5.74, 6) is -0.0667. The SMILES string of the molecule is O=C(NC1CCC(NC(=O)c2ccccc2)CC1)O[C@@H]1CCN(c2cn[nH]c(=O)c2Cl)C1. The van der Waals surface area contributed by atoms with Crippen molar-refractivity contribution in [2.75, 3.05) is 18.0 Å². The molecule has 3 N–H and O–H groups in total. The molecule has 2 fully saturated rings. The maximum atomic E-state index is 12.4. The summed E-state index contributed by atoms with van der Waals surface area (Å²) in [6.07, 6.45) is 4.58. The number of benzene rings is 1. The molecule has 2 aromatic rings. The standard InChI is InChI=1S/C22H26ClN5O4/c23-19-18(12-24-27-21(19)30)28-11-10-17(13-28)32-22(31)26-16-8-6-15(7-9-16)25-20(29)14-4-2-1-3-5-14/h1-5,12,15-17H,6-11,13H2,(H,25,29)(H,26,31)(H,27,30)/t15?,16?,17-/m1/s1. The number of ether oxygens (including phenoxy) is 1. The van der Waals surface area contributed by atoms with Gasteiger partial charge in [-0.15, -0.1) is 0 Å². The molecule has 32 heavy (non-hydrogen) atoms. The zero-order valence-corrected chi connectivity index (χ0v) is 18.3. The average Bonchev–Trinajstić information content (AvgIpc) is 3.25. The number of aromatic amines is 1. The Labute approximate surface area is 190 Å². The maximum absolute atomic E-state index is 12.4. The van der Waals surface area contributed by atoms with Gasteiger partial charge in [0.05, 0.1) is 18.4 Å². The molecule has 1 aliphatic carbocycles. The molecule has 1 saturated carbocycles. The van der Waals surface area contributed by atoms with Crippen LogP contribution in [0.1, 0.15) is 42.5 Å². The molecule has 1 aromatic heterocycles. The van der Waals surface area contributed by atoms with Crippen LogP contribution in [0.15, 0.2) is 41.3 Å². The Kier molecular flexibility index (Phi) is 6.94. The van der Waals surface area contributed by atoms with Crippen molar-refractivity contribution >= 4 is 29.3 Å². The minimum absolute atomic E-state index is 0.0243. The molecule has 4 rings (SSSR count). The van der Waals surface area contributed by atoms with E-state index in [1.807, 2.05) is 23.1 Å². The van der Waals surface area contributed by atoms with Crippen LogP contribution < -0.4 is 21.1 Å². The van der Waals surface area contributed by atoms with E-state index < -0.39 is 11.7 Å². The molecule has 0 unspecified atom stereocenters. The van der Waals surface area contributed by atoms with Gasteiger partial charge in [0.15, 0.2) is 0 Å². The number of alkyl carbamates (subject to hydrolysis) is 1. The number of anilines is 1. The molecule has 2 amide bonds. The van der Waals surface area contributed by atoms with Crippen LogP contribution in [0.4, 0.5) is 10.5 Å². The fourth-order valence-electron chi connectivity index (χ4n) is 4.23. The maximum Gasteiger partial charge on any atom is 0.407 e. The van der Waals surface area contributed by atoms with E-state index in [1.54, 1.807) is 12.1 Å². The number of aromatic nitrogens is 2. The smallest absolute Gasteiger partial charge is 0.407 e. The van der Waals surface area contributed by atoms with Crippen molar-refractivity contribution in [2.24, 2.45) is 0 Å². The predicted molar refractivity (Wildman–Crippen MR) is 120 cm³/mol. The van der Waals surface area contributed by atoms with Gasteiger partial charge in [0.2, 0.25) is 0 Å². The third-order valence-corrected chi connectivity index (χ3v) is 6.32. The summed E-state index contributed by atoms with van der Waals surface area (Å²) >= 11 is 6.06. The number of amides is 2. The van der Waals surface area contributed by atoms with Crippen LogP contribution in [-0.4, -0.2) is 53.5 Å². The van der Waals surface area contributed by atoms with Gasteiger partial charge in [0.25, 0.3) is 11.5 Å². The van der Waals surface area contributed by atoms with E-state index in [4.69, 9.17) is 16.3 Å². The van der Waals surface area contributed by atoms with Gasteiger partial charge >= 0.3 is 6.09 Å². The van der Waals surface area contributed by atoms with E-state index in [9.17, 15) is 14.4 Å². The van der Waals surface area contributed by atoms with Crippen LogP contribution in [0.2, 0.25) is 5.02 Å². The van der Waals surface area contributed by atoms with Crippen molar-refractivity contribution in [1.82, 2.24) is 20.8 Å². The Balaban J connectivity index is 1.19. The van der Waals surface area contributed by atoms with Crippen LogP contribution in [0.3, 0.4) is 0 Å². The number of hydrogen-bond acceptors (Lipinski definition) is 6. The Bertz CT molecular complexity index is 1010. The van der Waals surface area contributed by atoms with E-state index in [0.29, 0.717) is 30.8 Å². The van der Waals surface area contributed by atoms with Crippen molar-refractivity contribution in [3.63, 3.8) is 0 Å². The summed E-state index contributed by atoms with van der Waals surface area (Å²) in [5, 5.41) is 12.2. The summed E-state index contributed by atoms with van der Waals surface area (Å²) in [6, 6.07) is 9.28. The molecule has 2 heterocycles. The van der Waals surface area contributed by atoms with E-state index in [-0.39, 0.29) is 29.1 Å². The minimum atomic E-state index is -0.443. The number of halogens is 1. The molecule has 0 radical (unpaired) electrons. The van der Waals surface area contributed by atoms with Gasteiger partial charge in [-0.1, -0.05) is 29.8 Å². The number of nitrogens with one attached hydrogen (secondary N) is 3. The second-order valence-electron chi connectivity index (χ2n) is 8.19. The lowest BCUT2D eigenvalue weighted by Crippen LogP contribution is -2.44. The Hall–Kier alpha value is -3.07. The first-order valence-electron chi connectivity index (χ1n) is 10.8. The molecule has 2 aliphatic rings. The highest BCUT2D eigenvalue weighted by Crippen LogP contribution is 2.26. The quantitative estimate of drug-likeness (QED) is 0.632. The minimum Gasteiger partial charge on any atom is -0.444 e. The third-order valence-electron chi connectivity index (χ3n) is 5.96. The largest absolute Gasteiger partial charge is 0.444 e. The predicted octanol–water partition coefficient (Wildman–Crippen LogP) is 2.47. The van der Waals surface area contributed by atoms with Crippen molar-refractivity contribution in [2.45, 2.75) is 50.3 Å². The zero-order valence-electron chi connectivity index (χ0n) is 17.6.